The van der Waals surface area contributed by atoms with Crippen LogP contribution in [0.4, 0.5) is 5.69 Å². The lowest BCUT2D eigenvalue weighted by Crippen LogP contribution is -2.32. The van der Waals surface area contributed by atoms with Gasteiger partial charge in [0.25, 0.3) is 0 Å². The number of furan rings is 1. The molecule has 3 heteroatoms. The third kappa shape index (κ3) is 2.41. The Morgan fingerprint density at radius 2 is 2.17 bits per heavy atom. The predicted molar refractivity (Wildman–Crippen MR) is 72.6 cm³/mol. The molecule has 2 heterocycles. The minimum absolute atomic E-state index is 0.502. The Labute approximate surface area is 107 Å². The smallest absolute Gasteiger partial charge is 0.117 e. The van der Waals surface area contributed by atoms with Crippen LogP contribution in [0, 0.1) is 0 Å². The van der Waals surface area contributed by atoms with Crippen molar-refractivity contribution in [2.45, 2.75) is 19.0 Å². The molecule has 0 radical (unpaired) electrons. The highest BCUT2D eigenvalue weighted by Gasteiger charge is 2.21. The van der Waals surface area contributed by atoms with E-state index in [1.807, 2.05) is 12.1 Å². The average Bonchev–Trinajstić information content (AvgIpc) is 2.96. The van der Waals surface area contributed by atoms with Gasteiger partial charge in [0.1, 0.15) is 5.76 Å². The van der Waals surface area contributed by atoms with Crippen molar-refractivity contribution >= 4 is 5.69 Å². The third-order valence-corrected chi connectivity index (χ3v) is 3.38. The van der Waals surface area contributed by atoms with Gasteiger partial charge in [-0.2, -0.15) is 0 Å². The van der Waals surface area contributed by atoms with Gasteiger partial charge in [0.15, 0.2) is 0 Å². The van der Waals surface area contributed by atoms with E-state index >= 15 is 0 Å². The molecule has 3 nitrogen and oxygen atoms in total. The van der Waals surface area contributed by atoms with E-state index in [4.69, 9.17) is 4.42 Å². The molecule has 1 aromatic carbocycles. The molecule has 0 aliphatic carbocycles. The van der Waals surface area contributed by atoms with E-state index in [0.29, 0.717) is 6.04 Å². The molecule has 1 atom stereocenters. The number of hydrogen-bond acceptors (Lipinski definition) is 3. The van der Waals surface area contributed by atoms with Gasteiger partial charge in [-0.25, -0.2) is 0 Å². The standard InChI is InChI=1S/C15H18N2O/c1-17(11-14-6-4-8-18-14)10-13-9-12-5-2-3-7-15(12)16-13/h2-8,13,16H,9-11H2,1H3. The second-order valence-electron chi connectivity index (χ2n) is 4.98. The van der Waals surface area contributed by atoms with Crippen molar-refractivity contribution in [2.24, 2.45) is 0 Å². The van der Waals surface area contributed by atoms with Gasteiger partial charge in [0.2, 0.25) is 0 Å². The van der Waals surface area contributed by atoms with Crippen LogP contribution in [0.3, 0.4) is 0 Å². The summed E-state index contributed by atoms with van der Waals surface area (Å²) >= 11 is 0. The average molecular weight is 242 g/mol. The molecule has 1 aromatic heterocycles. The number of nitrogens with one attached hydrogen (secondary N) is 1. The Morgan fingerprint density at radius 3 is 2.94 bits per heavy atom. The number of hydrogen-bond donors (Lipinski definition) is 1. The highest BCUT2D eigenvalue weighted by atomic mass is 16.3. The molecule has 0 amide bonds. The van der Waals surface area contributed by atoms with Crippen molar-refractivity contribution in [3.05, 3.63) is 54.0 Å². The molecular weight excluding hydrogens is 224 g/mol. The van der Waals surface area contributed by atoms with Gasteiger partial charge in [0, 0.05) is 18.3 Å². The first-order valence-corrected chi connectivity index (χ1v) is 6.36. The lowest BCUT2D eigenvalue weighted by Gasteiger charge is -2.20. The molecule has 0 fully saturated rings. The summed E-state index contributed by atoms with van der Waals surface area (Å²) in [5, 5.41) is 3.57. The van der Waals surface area contributed by atoms with E-state index in [1.54, 1.807) is 6.26 Å². The fourth-order valence-corrected chi connectivity index (χ4v) is 2.60. The summed E-state index contributed by atoms with van der Waals surface area (Å²) in [5.41, 5.74) is 2.71. The summed E-state index contributed by atoms with van der Waals surface area (Å²) in [7, 11) is 2.13. The molecule has 18 heavy (non-hydrogen) atoms. The van der Waals surface area contributed by atoms with E-state index in [0.717, 1.165) is 25.3 Å². The van der Waals surface area contributed by atoms with Crippen molar-refractivity contribution in [3.63, 3.8) is 0 Å². The zero-order valence-corrected chi connectivity index (χ0v) is 10.6. The van der Waals surface area contributed by atoms with Crippen molar-refractivity contribution in [2.75, 3.05) is 18.9 Å². The predicted octanol–water partition coefficient (Wildman–Crippen LogP) is 2.75. The summed E-state index contributed by atoms with van der Waals surface area (Å²) < 4.78 is 5.37. The lowest BCUT2D eigenvalue weighted by molar-refractivity contribution is 0.284. The minimum atomic E-state index is 0.502. The highest BCUT2D eigenvalue weighted by Crippen LogP contribution is 2.25. The quantitative estimate of drug-likeness (QED) is 0.893. The topological polar surface area (TPSA) is 28.4 Å². The van der Waals surface area contributed by atoms with Gasteiger partial charge in [0.05, 0.1) is 12.8 Å². The first-order chi connectivity index (χ1) is 8.81. The molecule has 3 rings (SSSR count). The number of para-hydroxylation sites is 1. The van der Waals surface area contributed by atoms with Gasteiger partial charge >= 0.3 is 0 Å². The first-order valence-electron chi connectivity index (χ1n) is 6.36. The van der Waals surface area contributed by atoms with Crippen LogP contribution in [0.15, 0.2) is 47.1 Å². The van der Waals surface area contributed by atoms with Gasteiger partial charge in [-0.3, -0.25) is 4.90 Å². The number of nitrogens with zero attached hydrogens (tertiary/aromatic N) is 1. The number of fused-ring (bicyclic) bond motifs is 1. The number of rotatable bonds is 4. The zero-order chi connectivity index (χ0) is 12.4. The van der Waals surface area contributed by atoms with Crippen LogP contribution in [0.2, 0.25) is 0 Å². The van der Waals surface area contributed by atoms with Crippen LogP contribution >= 0.6 is 0 Å². The monoisotopic (exact) mass is 242 g/mol. The van der Waals surface area contributed by atoms with Crippen molar-refractivity contribution in [1.82, 2.24) is 4.90 Å². The van der Waals surface area contributed by atoms with Crippen LogP contribution in [0.5, 0.6) is 0 Å². The van der Waals surface area contributed by atoms with E-state index in [2.05, 4.69) is 41.5 Å². The fraction of sp³-hybridized carbons (Fsp3) is 0.333. The molecule has 0 spiro atoms. The summed E-state index contributed by atoms with van der Waals surface area (Å²) in [6.07, 6.45) is 2.84. The second-order valence-corrected chi connectivity index (χ2v) is 4.98. The van der Waals surface area contributed by atoms with Crippen LogP contribution in [0.1, 0.15) is 11.3 Å². The maximum Gasteiger partial charge on any atom is 0.117 e. The normalized spacial score (nSPS) is 17.8. The van der Waals surface area contributed by atoms with E-state index in [-0.39, 0.29) is 0 Å². The summed E-state index contributed by atoms with van der Waals surface area (Å²) in [5.74, 6) is 1.02. The van der Waals surface area contributed by atoms with Crippen LogP contribution in [0.25, 0.3) is 0 Å². The van der Waals surface area contributed by atoms with Crippen molar-refractivity contribution in [1.29, 1.82) is 0 Å². The Kier molecular flexibility index (Phi) is 3.07. The van der Waals surface area contributed by atoms with Crippen molar-refractivity contribution in [3.8, 4) is 0 Å². The van der Waals surface area contributed by atoms with Gasteiger partial charge in [-0.15, -0.1) is 0 Å². The molecule has 0 saturated carbocycles. The van der Waals surface area contributed by atoms with Gasteiger partial charge in [-0.1, -0.05) is 18.2 Å². The molecule has 1 unspecified atom stereocenters. The Hall–Kier alpha value is -1.74. The molecule has 1 aliphatic heterocycles. The van der Waals surface area contributed by atoms with E-state index in [1.165, 1.54) is 11.3 Å². The van der Waals surface area contributed by atoms with E-state index in [9.17, 15) is 0 Å². The second kappa shape index (κ2) is 4.86. The first kappa shape index (κ1) is 11.4. The van der Waals surface area contributed by atoms with Crippen LogP contribution < -0.4 is 5.32 Å². The van der Waals surface area contributed by atoms with Crippen LogP contribution in [-0.4, -0.2) is 24.5 Å². The minimum Gasteiger partial charge on any atom is -0.468 e. The zero-order valence-electron chi connectivity index (χ0n) is 10.6. The van der Waals surface area contributed by atoms with Gasteiger partial charge in [-0.05, 0) is 37.2 Å². The van der Waals surface area contributed by atoms with Crippen molar-refractivity contribution < 1.29 is 4.42 Å². The Morgan fingerprint density at radius 1 is 1.28 bits per heavy atom. The Balaban J connectivity index is 1.56. The number of anilines is 1. The summed E-state index contributed by atoms with van der Waals surface area (Å²) in [6.45, 7) is 1.89. The third-order valence-electron chi connectivity index (χ3n) is 3.38. The Bertz CT molecular complexity index is 482. The molecular formula is C15H18N2O. The molecule has 1 N–H and O–H groups in total. The largest absolute Gasteiger partial charge is 0.468 e. The van der Waals surface area contributed by atoms with Gasteiger partial charge < -0.3 is 9.73 Å². The maximum atomic E-state index is 5.37. The molecule has 1 aliphatic rings. The molecule has 2 aromatic rings. The van der Waals surface area contributed by atoms with E-state index < -0.39 is 0 Å². The fourth-order valence-electron chi connectivity index (χ4n) is 2.60. The lowest BCUT2D eigenvalue weighted by atomic mass is 10.1. The summed E-state index contributed by atoms with van der Waals surface area (Å²) in [4.78, 5) is 2.29. The van der Waals surface area contributed by atoms with Crippen LogP contribution in [-0.2, 0) is 13.0 Å². The molecule has 94 valence electrons. The summed E-state index contributed by atoms with van der Waals surface area (Å²) in [6, 6.07) is 13.0. The SMILES string of the molecule is CN(Cc1ccco1)CC1Cc2ccccc2N1. The molecule has 0 saturated heterocycles. The number of benzene rings is 1. The number of likely N-dealkylation sites (N-methyl/N-ethyl adjacent to an activating group) is 1. The molecule has 0 bridgehead atoms. The maximum absolute atomic E-state index is 5.37. The highest BCUT2D eigenvalue weighted by molar-refractivity contribution is 5.56.